The Bertz CT molecular complexity index is 751. The molecule has 0 unspecified atom stereocenters. The van der Waals surface area contributed by atoms with Crippen molar-refractivity contribution < 1.29 is 4.79 Å². The summed E-state index contributed by atoms with van der Waals surface area (Å²) in [5, 5.41) is 3.24. The Morgan fingerprint density at radius 3 is 2.89 bits per heavy atom. The van der Waals surface area contributed by atoms with Gasteiger partial charge in [-0.1, -0.05) is 23.7 Å². The number of anilines is 1. The number of hydrogen-bond acceptors (Lipinski definition) is 2. The van der Waals surface area contributed by atoms with Crippen LogP contribution in [0.3, 0.4) is 0 Å². The minimum absolute atomic E-state index is 0.232. The highest BCUT2D eigenvalue weighted by atomic mass is 35.5. The van der Waals surface area contributed by atoms with Gasteiger partial charge in [0.2, 0.25) is 0 Å². The van der Waals surface area contributed by atoms with Crippen LogP contribution in [0.1, 0.15) is 10.4 Å². The van der Waals surface area contributed by atoms with Crippen LogP contribution < -0.4 is 5.32 Å². The maximum Gasteiger partial charge on any atom is 0.257 e. The fourth-order valence-electron chi connectivity index (χ4n) is 1.86. The Hall–Kier alpha value is -2.33. The number of hydrogen-bond donors (Lipinski definition) is 2. The van der Waals surface area contributed by atoms with Gasteiger partial charge in [0.15, 0.2) is 0 Å². The van der Waals surface area contributed by atoms with Gasteiger partial charge in [0.05, 0.1) is 27.9 Å². The Kier molecular flexibility index (Phi) is 2.93. The molecule has 94 valence electrons. The highest BCUT2D eigenvalue weighted by Gasteiger charge is 2.10. The van der Waals surface area contributed by atoms with Gasteiger partial charge in [0, 0.05) is 5.69 Å². The van der Waals surface area contributed by atoms with Gasteiger partial charge >= 0.3 is 0 Å². The maximum absolute atomic E-state index is 12.1. The lowest BCUT2D eigenvalue weighted by atomic mass is 10.2. The third-order valence-corrected chi connectivity index (χ3v) is 3.13. The van der Waals surface area contributed by atoms with Crippen LogP contribution in [-0.4, -0.2) is 15.9 Å². The smallest absolute Gasteiger partial charge is 0.257 e. The lowest BCUT2D eigenvalue weighted by Crippen LogP contribution is -2.12. The Morgan fingerprint density at radius 2 is 2.05 bits per heavy atom. The highest BCUT2D eigenvalue weighted by molar-refractivity contribution is 6.34. The number of nitrogens with one attached hydrogen (secondary N) is 2. The molecule has 0 saturated heterocycles. The summed E-state index contributed by atoms with van der Waals surface area (Å²) in [4.78, 5) is 19.2. The van der Waals surface area contributed by atoms with E-state index in [1.165, 1.54) is 0 Å². The SMILES string of the molecule is O=C(Nc1ccc2nc[nH]c2c1)c1ccccc1Cl. The summed E-state index contributed by atoms with van der Waals surface area (Å²) in [6.45, 7) is 0. The quantitative estimate of drug-likeness (QED) is 0.750. The second kappa shape index (κ2) is 4.74. The molecule has 1 aromatic heterocycles. The van der Waals surface area contributed by atoms with Crippen LogP contribution >= 0.6 is 11.6 Å². The Morgan fingerprint density at radius 1 is 1.21 bits per heavy atom. The number of aromatic nitrogens is 2. The van der Waals surface area contributed by atoms with Gasteiger partial charge in [0.25, 0.3) is 5.91 Å². The minimum Gasteiger partial charge on any atom is -0.345 e. The van der Waals surface area contributed by atoms with Gasteiger partial charge in [-0.3, -0.25) is 4.79 Å². The first-order chi connectivity index (χ1) is 9.24. The summed E-state index contributed by atoms with van der Waals surface area (Å²) in [5.74, 6) is -0.232. The molecule has 0 atom stereocenters. The van der Waals surface area contributed by atoms with Crippen molar-refractivity contribution in [2.24, 2.45) is 0 Å². The number of fused-ring (bicyclic) bond motifs is 1. The van der Waals surface area contributed by atoms with E-state index in [2.05, 4.69) is 15.3 Å². The number of amides is 1. The van der Waals surface area contributed by atoms with Gasteiger partial charge in [-0.2, -0.15) is 0 Å². The first kappa shape index (κ1) is 11.7. The molecule has 3 rings (SSSR count). The average Bonchev–Trinajstić information content (AvgIpc) is 2.86. The fraction of sp³-hybridized carbons (Fsp3) is 0. The summed E-state index contributed by atoms with van der Waals surface area (Å²) in [5.41, 5.74) is 2.88. The molecule has 1 amide bonds. The summed E-state index contributed by atoms with van der Waals surface area (Å²) < 4.78 is 0. The number of rotatable bonds is 2. The van der Waals surface area contributed by atoms with Crippen molar-refractivity contribution >= 4 is 34.2 Å². The summed E-state index contributed by atoms with van der Waals surface area (Å²) in [6, 6.07) is 12.4. The maximum atomic E-state index is 12.1. The molecule has 5 heteroatoms. The lowest BCUT2D eigenvalue weighted by molar-refractivity contribution is 0.102. The molecule has 0 bridgehead atoms. The monoisotopic (exact) mass is 271 g/mol. The van der Waals surface area contributed by atoms with E-state index in [-0.39, 0.29) is 5.91 Å². The molecule has 4 nitrogen and oxygen atoms in total. The van der Waals surface area contributed by atoms with Crippen molar-refractivity contribution in [3.63, 3.8) is 0 Å². The summed E-state index contributed by atoms with van der Waals surface area (Å²) >= 11 is 5.99. The van der Waals surface area contributed by atoms with Crippen LogP contribution in [0.25, 0.3) is 11.0 Å². The number of nitrogens with zero attached hydrogens (tertiary/aromatic N) is 1. The first-order valence-electron chi connectivity index (χ1n) is 5.73. The molecular formula is C14H10ClN3O. The van der Waals surface area contributed by atoms with E-state index in [9.17, 15) is 4.79 Å². The van der Waals surface area contributed by atoms with Gasteiger partial charge in [-0.25, -0.2) is 4.98 Å². The molecule has 0 radical (unpaired) electrons. The van der Waals surface area contributed by atoms with Crippen molar-refractivity contribution in [2.45, 2.75) is 0 Å². The van der Waals surface area contributed by atoms with Crippen LogP contribution in [0.4, 0.5) is 5.69 Å². The first-order valence-corrected chi connectivity index (χ1v) is 6.11. The molecule has 0 aliphatic heterocycles. The standard InChI is InChI=1S/C14H10ClN3O/c15-11-4-2-1-3-10(11)14(19)18-9-5-6-12-13(7-9)17-8-16-12/h1-8H,(H,16,17)(H,18,19). The lowest BCUT2D eigenvalue weighted by Gasteiger charge is -2.06. The van der Waals surface area contributed by atoms with Crippen LogP contribution in [0, 0.1) is 0 Å². The molecule has 2 aromatic carbocycles. The van der Waals surface area contributed by atoms with Gasteiger partial charge in [-0.05, 0) is 30.3 Å². The molecule has 3 aromatic rings. The highest BCUT2D eigenvalue weighted by Crippen LogP contribution is 2.19. The second-order valence-electron chi connectivity index (χ2n) is 4.07. The molecular weight excluding hydrogens is 262 g/mol. The average molecular weight is 272 g/mol. The van der Waals surface area contributed by atoms with E-state index < -0.39 is 0 Å². The molecule has 0 saturated carbocycles. The molecule has 19 heavy (non-hydrogen) atoms. The predicted octanol–water partition coefficient (Wildman–Crippen LogP) is 3.47. The molecule has 0 aliphatic carbocycles. The Labute approximate surface area is 114 Å². The topological polar surface area (TPSA) is 57.8 Å². The summed E-state index contributed by atoms with van der Waals surface area (Å²) in [7, 11) is 0. The number of halogens is 1. The Balaban J connectivity index is 1.88. The van der Waals surface area contributed by atoms with Gasteiger partial charge in [-0.15, -0.1) is 0 Å². The number of imidazole rings is 1. The van der Waals surface area contributed by atoms with E-state index in [4.69, 9.17) is 11.6 Å². The van der Waals surface area contributed by atoms with Crippen LogP contribution in [0.15, 0.2) is 48.8 Å². The van der Waals surface area contributed by atoms with E-state index in [0.717, 1.165) is 11.0 Å². The molecule has 0 spiro atoms. The number of carbonyl (C=O) groups excluding carboxylic acids is 1. The zero-order chi connectivity index (χ0) is 13.2. The molecule has 0 fully saturated rings. The van der Waals surface area contributed by atoms with Crippen LogP contribution in [0.5, 0.6) is 0 Å². The number of H-pyrrole nitrogens is 1. The third-order valence-electron chi connectivity index (χ3n) is 2.80. The molecule has 0 aliphatic rings. The predicted molar refractivity (Wildman–Crippen MR) is 75.5 cm³/mol. The van der Waals surface area contributed by atoms with Crippen LogP contribution in [0.2, 0.25) is 5.02 Å². The second-order valence-corrected chi connectivity index (χ2v) is 4.48. The zero-order valence-corrected chi connectivity index (χ0v) is 10.6. The number of carbonyl (C=O) groups is 1. The normalized spacial score (nSPS) is 10.6. The largest absolute Gasteiger partial charge is 0.345 e. The van der Waals surface area contributed by atoms with E-state index in [1.807, 2.05) is 12.1 Å². The van der Waals surface area contributed by atoms with E-state index in [1.54, 1.807) is 36.7 Å². The van der Waals surface area contributed by atoms with Gasteiger partial charge < -0.3 is 10.3 Å². The molecule has 2 N–H and O–H groups in total. The summed E-state index contributed by atoms with van der Waals surface area (Å²) in [6.07, 6.45) is 1.62. The van der Waals surface area contributed by atoms with Crippen molar-refractivity contribution in [1.82, 2.24) is 9.97 Å². The third kappa shape index (κ3) is 2.30. The molecule has 1 heterocycles. The number of aromatic amines is 1. The van der Waals surface area contributed by atoms with Crippen LogP contribution in [-0.2, 0) is 0 Å². The minimum atomic E-state index is -0.232. The van der Waals surface area contributed by atoms with Gasteiger partial charge in [0.1, 0.15) is 0 Å². The van der Waals surface area contributed by atoms with Crippen molar-refractivity contribution in [2.75, 3.05) is 5.32 Å². The van der Waals surface area contributed by atoms with Crippen molar-refractivity contribution in [3.05, 3.63) is 59.4 Å². The van der Waals surface area contributed by atoms with E-state index in [0.29, 0.717) is 16.3 Å². The van der Waals surface area contributed by atoms with Crippen molar-refractivity contribution in [1.29, 1.82) is 0 Å². The van der Waals surface area contributed by atoms with Crippen molar-refractivity contribution in [3.8, 4) is 0 Å². The fourth-order valence-corrected chi connectivity index (χ4v) is 2.08. The zero-order valence-electron chi connectivity index (χ0n) is 9.85. The van der Waals surface area contributed by atoms with E-state index >= 15 is 0 Å². The number of benzene rings is 2.